The number of primary amides is 1. The van der Waals surface area contributed by atoms with Gasteiger partial charge in [0, 0.05) is 13.0 Å². The fourth-order valence-corrected chi connectivity index (χ4v) is 3.82. The van der Waals surface area contributed by atoms with E-state index in [2.05, 4.69) is 0 Å². The maximum Gasteiger partial charge on any atom is 0.450 e. The zero-order valence-corrected chi connectivity index (χ0v) is 14.4. The first kappa shape index (κ1) is 20.8. The van der Waals surface area contributed by atoms with Gasteiger partial charge in [-0.1, -0.05) is 12.8 Å². The Morgan fingerprint density at radius 3 is 2.29 bits per heavy atom. The van der Waals surface area contributed by atoms with Gasteiger partial charge in [0.15, 0.2) is 0 Å². The van der Waals surface area contributed by atoms with Crippen LogP contribution in [0.15, 0.2) is 0 Å². The first-order chi connectivity index (χ1) is 11.1. The van der Waals surface area contributed by atoms with Gasteiger partial charge in [0.25, 0.3) is 0 Å². The molecule has 0 spiro atoms. The molecule has 9 heteroatoms. The minimum absolute atomic E-state index is 0.000500. The summed E-state index contributed by atoms with van der Waals surface area (Å²) < 4.78 is 36.3. The predicted octanol–water partition coefficient (Wildman–Crippen LogP) is 2.28. The molecule has 1 rings (SSSR count). The van der Waals surface area contributed by atoms with Crippen LogP contribution in [0.1, 0.15) is 45.4 Å². The Labute approximate surface area is 143 Å². The van der Waals surface area contributed by atoms with Crippen molar-refractivity contribution in [3.05, 3.63) is 0 Å². The van der Waals surface area contributed by atoms with Gasteiger partial charge in [0.05, 0.1) is 5.75 Å². The lowest BCUT2D eigenvalue weighted by atomic mass is 10.1. The highest BCUT2D eigenvalue weighted by Gasteiger charge is 2.37. The second-order valence-electron chi connectivity index (χ2n) is 5.90. The molecule has 2 N–H and O–H groups in total. The predicted molar refractivity (Wildman–Crippen MR) is 85.4 cm³/mol. The molecule has 0 bridgehead atoms. The number of thioether (sulfide) groups is 1. The molecule has 0 radical (unpaired) electrons. The molecule has 0 aliphatic heterocycles. The van der Waals surface area contributed by atoms with E-state index >= 15 is 0 Å². The van der Waals surface area contributed by atoms with Crippen molar-refractivity contribution >= 4 is 29.4 Å². The molecule has 5 nitrogen and oxygen atoms in total. The summed E-state index contributed by atoms with van der Waals surface area (Å²) in [6.07, 6.45) is -0.462. The monoisotopic (exact) mass is 368 g/mol. The van der Waals surface area contributed by atoms with Crippen LogP contribution in [0.25, 0.3) is 0 Å². The molecule has 0 aromatic carbocycles. The molecule has 138 valence electrons. The zero-order chi connectivity index (χ0) is 18.3. The van der Waals surface area contributed by atoms with Crippen LogP contribution < -0.4 is 5.73 Å². The van der Waals surface area contributed by atoms with Crippen molar-refractivity contribution in [2.75, 3.05) is 11.5 Å². The Bertz CT molecular complexity index is 465. The highest BCUT2D eigenvalue weighted by atomic mass is 32.2. The number of hydrogen-bond acceptors (Lipinski definition) is 4. The number of rotatable bonds is 9. The molecule has 0 aromatic rings. The molecule has 1 atom stereocenters. The quantitative estimate of drug-likeness (QED) is 0.633. The number of nitrogens with two attached hydrogens (primary N) is 1. The van der Waals surface area contributed by atoms with Crippen molar-refractivity contribution in [3.8, 4) is 0 Å². The lowest BCUT2D eigenvalue weighted by Gasteiger charge is -2.34. The Kier molecular flexibility index (Phi) is 8.05. The fraction of sp³-hybridized carbons (Fsp3) is 0.800. The Balaban J connectivity index is 2.49. The van der Waals surface area contributed by atoms with Crippen molar-refractivity contribution in [1.82, 2.24) is 4.90 Å². The average molecular weight is 368 g/mol. The maximum atomic E-state index is 12.1. The molecule has 1 fully saturated rings. The topological polar surface area (TPSA) is 80.5 Å². The third-order valence-corrected chi connectivity index (χ3v) is 5.11. The van der Waals surface area contributed by atoms with Crippen LogP contribution in [0, 0.1) is 0 Å². The maximum absolute atomic E-state index is 12.1. The van der Waals surface area contributed by atoms with Crippen LogP contribution in [-0.4, -0.2) is 52.3 Å². The third kappa shape index (κ3) is 6.33. The van der Waals surface area contributed by atoms with E-state index < -0.39 is 29.7 Å². The van der Waals surface area contributed by atoms with Gasteiger partial charge in [-0.3, -0.25) is 14.4 Å². The third-order valence-electron chi connectivity index (χ3n) is 4.06. The average Bonchev–Trinajstić information content (AvgIpc) is 2.97. The number of alkyl halides is 3. The number of nitrogens with zero attached hydrogens (tertiary/aromatic N) is 1. The number of carbonyl (C=O) groups is 3. The van der Waals surface area contributed by atoms with E-state index in [4.69, 9.17) is 5.73 Å². The second kappa shape index (κ2) is 9.29. The molecule has 0 unspecified atom stereocenters. The standard InChI is InChI=1S/C15H23F3N2O3S/c1-10(21)20(11-5-2-3-6-11)12(14(19)23)7-4-8-24-9-13(22)15(16,17)18/h11-12H,2-9H2,1H3,(H2,19,23)/t12-/m0/s1. The van der Waals surface area contributed by atoms with E-state index in [0.29, 0.717) is 18.6 Å². The van der Waals surface area contributed by atoms with Gasteiger partial charge in [0.2, 0.25) is 17.6 Å². The molecule has 0 aromatic heterocycles. The van der Waals surface area contributed by atoms with Crippen molar-refractivity contribution in [2.45, 2.75) is 63.7 Å². The van der Waals surface area contributed by atoms with Crippen LogP contribution in [0.4, 0.5) is 13.2 Å². The summed E-state index contributed by atoms with van der Waals surface area (Å²) >= 11 is 0.869. The molecule has 1 aliphatic carbocycles. The summed E-state index contributed by atoms with van der Waals surface area (Å²) in [7, 11) is 0. The molecule has 1 aliphatic rings. The van der Waals surface area contributed by atoms with Crippen LogP contribution in [0.2, 0.25) is 0 Å². The van der Waals surface area contributed by atoms with Gasteiger partial charge >= 0.3 is 6.18 Å². The van der Waals surface area contributed by atoms with Crippen molar-refractivity contribution in [1.29, 1.82) is 0 Å². The Morgan fingerprint density at radius 1 is 1.25 bits per heavy atom. The highest BCUT2D eigenvalue weighted by molar-refractivity contribution is 7.99. The molecule has 1 saturated carbocycles. The number of halogens is 3. The smallest absolute Gasteiger partial charge is 0.368 e. The molecule has 24 heavy (non-hydrogen) atoms. The summed E-state index contributed by atoms with van der Waals surface area (Å²) in [6, 6.07) is -0.746. The first-order valence-electron chi connectivity index (χ1n) is 7.90. The molecule has 0 saturated heterocycles. The molecule has 0 heterocycles. The largest absolute Gasteiger partial charge is 0.450 e. The van der Waals surface area contributed by atoms with Crippen LogP contribution >= 0.6 is 11.8 Å². The van der Waals surface area contributed by atoms with E-state index in [9.17, 15) is 27.6 Å². The summed E-state index contributed by atoms with van der Waals surface area (Å²) in [5.74, 6) is -2.93. The van der Waals surface area contributed by atoms with Crippen molar-refractivity contribution < 1.29 is 27.6 Å². The van der Waals surface area contributed by atoms with Gasteiger partial charge in [0.1, 0.15) is 6.04 Å². The Morgan fingerprint density at radius 2 is 1.83 bits per heavy atom. The van der Waals surface area contributed by atoms with E-state index in [1.54, 1.807) is 0 Å². The highest BCUT2D eigenvalue weighted by Crippen LogP contribution is 2.27. The Hall–Kier alpha value is -1.25. The summed E-state index contributed by atoms with van der Waals surface area (Å²) in [5, 5.41) is 0. The zero-order valence-electron chi connectivity index (χ0n) is 13.6. The normalized spacial score (nSPS) is 16.8. The molecular formula is C15H23F3N2O3S. The minimum atomic E-state index is -4.81. The minimum Gasteiger partial charge on any atom is -0.368 e. The second-order valence-corrected chi connectivity index (χ2v) is 7.00. The van der Waals surface area contributed by atoms with E-state index in [1.165, 1.54) is 11.8 Å². The van der Waals surface area contributed by atoms with E-state index in [-0.39, 0.29) is 11.9 Å². The number of carbonyl (C=O) groups excluding carboxylic acids is 3. The summed E-state index contributed by atoms with van der Waals surface area (Å²) in [5.41, 5.74) is 5.42. The van der Waals surface area contributed by atoms with Crippen LogP contribution in [0.3, 0.4) is 0 Å². The van der Waals surface area contributed by atoms with E-state index in [1.807, 2.05) is 0 Å². The van der Waals surface area contributed by atoms with E-state index in [0.717, 1.165) is 37.4 Å². The number of amides is 2. The van der Waals surface area contributed by atoms with Crippen LogP contribution in [-0.2, 0) is 14.4 Å². The number of ketones is 1. The van der Waals surface area contributed by atoms with Crippen molar-refractivity contribution in [3.63, 3.8) is 0 Å². The number of Topliss-reactive ketones (excluding diaryl/α,β-unsaturated/α-hetero) is 1. The summed E-state index contributed by atoms with van der Waals surface area (Å²) in [4.78, 5) is 35.9. The van der Waals surface area contributed by atoms with Crippen LogP contribution in [0.5, 0.6) is 0 Å². The SMILES string of the molecule is CC(=O)N(C1CCCC1)[C@@H](CCCSCC(=O)C(F)(F)F)C(N)=O. The van der Waals surface area contributed by atoms with Gasteiger partial charge < -0.3 is 10.6 Å². The first-order valence-corrected chi connectivity index (χ1v) is 9.06. The molecular weight excluding hydrogens is 345 g/mol. The lowest BCUT2D eigenvalue weighted by molar-refractivity contribution is -0.167. The molecule has 2 amide bonds. The van der Waals surface area contributed by atoms with Gasteiger partial charge in [-0.05, 0) is 31.4 Å². The van der Waals surface area contributed by atoms with Gasteiger partial charge in [-0.15, -0.1) is 0 Å². The lowest BCUT2D eigenvalue weighted by Crippen LogP contribution is -2.51. The van der Waals surface area contributed by atoms with Crippen molar-refractivity contribution in [2.24, 2.45) is 5.73 Å². The van der Waals surface area contributed by atoms with Gasteiger partial charge in [-0.25, -0.2) is 0 Å². The van der Waals surface area contributed by atoms with Gasteiger partial charge in [-0.2, -0.15) is 24.9 Å². The fourth-order valence-electron chi connectivity index (χ4n) is 2.96. The summed E-state index contributed by atoms with van der Waals surface area (Å²) in [6.45, 7) is 1.39. The number of hydrogen-bond donors (Lipinski definition) is 1.